The van der Waals surface area contributed by atoms with Gasteiger partial charge in [0.2, 0.25) is 0 Å². The van der Waals surface area contributed by atoms with Gasteiger partial charge in [-0.3, -0.25) is 4.79 Å². The van der Waals surface area contributed by atoms with Crippen molar-refractivity contribution in [1.29, 1.82) is 0 Å². The fourth-order valence-corrected chi connectivity index (χ4v) is 1.18. The summed E-state index contributed by atoms with van der Waals surface area (Å²) in [5.41, 5.74) is -0.949. The highest BCUT2D eigenvalue weighted by Crippen LogP contribution is 2.31. The third kappa shape index (κ3) is 5.60. The zero-order chi connectivity index (χ0) is 13.5. The van der Waals surface area contributed by atoms with Crippen LogP contribution in [0.15, 0.2) is 23.8 Å². The van der Waals surface area contributed by atoms with Gasteiger partial charge in [-0.25, -0.2) is 4.79 Å². The summed E-state index contributed by atoms with van der Waals surface area (Å²) >= 11 is 0. The molecule has 1 aliphatic carbocycles. The number of carboxylic acids is 2. The van der Waals surface area contributed by atoms with Gasteiger partial charge in [0.25, 0.3) is 0 Å². The molecule has 0 radical (unpaired) electrons. The predicted octanol–water partition coefficient (Wildman–Crippen LogP) is 0.612. The van der Waals surface area contributed by atoms with Crippen molar-refractivity contribution in [3.63, 3.8) is 0 Å². The van der Waals surface area contributed by atoms with Crippen molar-refractivity contribution in [2.24, 2.45) is 5.41 Å². The van der Waals surface area contributed by atoms with Gasteiger partial charge in [-0.2, -0.15) is 0 Å². The summed E-state index contributed by atoms with van der Waals surface area (Å²) in [5.74, 6) is -2.06. The molecule has 1 unspecified atom stereocenters. The minimum atomic E-state index is -1.08. The lowest BCUT2D eigenvalue weighted by Gasteiger charge is -2.23. The molecule has 6 heteroatoms. The van der Waals surface area contributed by atoms with Gasteiger partial charge in [-0.05, 0) is 19.8 Å². The molecule has 0 aromatic heterocycles. The second-order valence-electron chi connectivity index (χ2n) is 3.98. The second kappa shape index (κ2) is 8.43. The average molecular weight is 260 g/mol. The van der Waals surface area contributed by atoms with Gasteiger partial charge < -0.3 is 20.8 Å². The first-order chi connectivity index (χ1) is 7.87. The van der Waals surface area contributed by atoms with Gasteiger partial charge in [0.15, 0.2) is 0 Å². The van der Waals surface area contributed by atoms with E-state index >= 15 is 0 Å². The Labute approximate surface area is 106 Å². The number of hydrogen-bond donors (Lipinski definition) is 3. The molecule has 5 N–H and O–H groups in total. The SMILES string of the molecule is CC1(C(=O)O)C=CC=C(C(=O)O)C1.CCCO.O. The summed E-state index contributed by atoms with van der Waals surface area (Å²) in [4.78, 5) is 21.3. The molecule has 1 atom stereocenters. The first-order valence-corrected chi connectivity index (χ1v) is 5.33. The number of rotatable bonds is 3. The zero-order valence-electron chi connectivity index (χ0n) is 10.5. The minimum absolute atomic E-state index is 0. The average Bonchev–Trinajstić information content (AvgIpc) is 2.29. The Morgan fingerprint density at radius 1 is 1.39 bits per heavy atom. The lowest BCUT2D eigenvalue weighted by molar-refractivity contribution is -0.145. The van der Waals surface area contributed by atoms with Crippen molar-refractivity contribution in [1.82, 2.24) is 0 Å². The van der Waals surface area contributed by atoms with Crippen LogP contribution in [0.25, 0.3) is 0 Å². The van der Waals surface area contributed by atoms with E-state index in [1.54, 1.807) is 0 Å². The number of carbonyl (C=O) groups is 2. The monoisotopic (exact) mass is 260 g/mol. The van der Waals surface area contributed by atoms with E-state index in [1.807, 2.05) is 6.92 Å². The summed E-state index contributed by atoms with van der Waals surface area (Å²) in [6, 6.07) is 0. The summed E-state index contributed by atoms with van der Waals surface area (Å²) < 4.78 is 0. The van der Waals surface area contributed by atoms with E-state index in [0.29, 0.717) is 6.61 Å². The van der Waals surface area contributed by atoms with Gasteiger partial charge >= 0.3 is 11.9 Å². The number of allylic oxidation sites excluding steroid dienone is 2. The van der Waals surface area contributed by atoms with E-state index in [0.717, 1.165) is 6.42 Å². The number of aliphatic hydroxyl groups is 1. The number of hydrogen-bond acceptors (Lipinski definition) is 3. The van der Waals surface area contributed by atoms with Crippen molar-refractivity contribution >= 4 is 11.9 Å². The van der Waals surface area contributed by atoms with Crippen LogP contribution in [-0.2, 0) is 9.59 Å². The molecular formula is C12H20O6. The molecule has 0 bridgehead atoms. The lowest BCUT2D eigenvalue weighted by atomic mass is 9.80. The molecule has 0 fully saturated rings. The van der Waals surface area contributed by atoms with Crippen molar-refractivity contribution in [2.75, 3.05) is 6.61 Å². The van der Waals surface area contributed by atoms with Gasteiger partial charge in [-0.1, -0.05) is 25.2 Å². The van der Waals surface area contributed by atoms with E-state index in [2.05, 4.69) is 0 Å². The number of carboxylic acid groups (broad SMARTS) is 2. The van der Waals surface area contributed by atoms with E-state index < -0.39 is 17.4 Å². The first-order valence-electron chi connectivity index (χ1n) is 5.33. The van der Waals surface area contributed by atoms with Crippen LogP contribution in [0.4, 0.5) is 0 Å². The summed E-state index contributed by atoms with van der Waals surface area (Å²) in [7, 11) is 0. The Kier molecular flexibility index (Phi) is 8.76. The maximum absolute atomic E-state index is 10.8. The van der Waals surface area contributed by atoms with Crippen molar-refractivity contribution in [3.05, 3.63) is 23.8 Å². The predicted molar refractivity (Wildman–Crippen MR) is 66.2 cm³/mol. The molecule has 0 aromatic carbocycles. The maximum Gasteiger partial charge on any atom is 0.331 e. The molecule has 0 spiro atoms. The molecule has 1 rings (SSSR count). The minimum Gasteiger partial charge on any atom is -0.481 e. The molecule has 18 heavy (non-hydrogen) atoms. The van der Waals surface area contributed by atoms with Gasteiger partial charge in [-0.15, -0.1) is 0 Å². The Balaban J connectivity index is 0. The highest BCUT2D eigenvalue weighted by molar-refractivity contribution is 5.90. The molecular weight excluding hydrogens is 240 g/mol. The molecule has 0 aromatic rings. The molecule has 1 aliphatic rings. The smallest absolute Gasteiger partial charge is 0.331 e. The molecule has 6 nitrogen and oxygen atoms in total. The van der Waals surface area contributed by atoms with Crippen LogP contribution in [0.1, 0.15) is 26.7 Å². The van der Waals surface area contributed by atoms with E-state index in [4.69, 9.17) is 15.3 Å². The summed E-state index contributed by atoms with van der Waals surface area (Å²) in [6.07, 6.45) is 5.31. The first kappa shape index (κ1) is 18.7. The Bertz CT molecular complexity index is 342. The van der Waals surface area contributed by atoms with Gasteiger partial charge in [0.1, 0.15) is 0 Å². The van der Waals surface area contributed by atoms with Crippen LogP contribution in [0.3, 0.4) is 0 Å². The molecule has 0 saturated heterocycles. The molecule has 0 aliphatic heterocycles. The largest absolute Gasteiger partial charge is 0.481 e. The van der Waals surface area contributed by atoms with Crippen LogP contribution in [0.2, 0.25) is 0 Å². The third-order valence-electron chi connectivity index (χ3n) is 2.31. The van der Waals surface area contributed by atoms with Crippen LogP contribution in [0.5, 0.6) is 0 Å². The Morgan fingerprint density at radius 3 is 2.22 bits per heavy atom. The molecule has 0 saturated carbocycles. The Hall–Kier alpha value is -1.66. The molecule has 104 valence electrons. The normalized spacial score (nSPS) is 20.9. The lowest BCUT2D eigenvalue weighted by Crippen LogP contribution is -2.28. The summed E-state index contributed by atoms with van der Waals surface area (Å²) in [6.45, 7) is 3.75. The summed E-state index contributed by atoms with van der Waals surface area (Å²) in [5, 5.41) is 25.4. The van der Waals surface area contributed by atoms with Gasteiger partial charge in [0, 0.05) is 12.2 Å². The van der Waals surface area contributed by atoms with E-state index in [-0.39, 0.29) is 17.5 Å². The van der Waals surface area contributed by atoms with Crippen molar-refractivity contribution in [2.45, 2.75) is 26.7 Å². The standard InChI is InChI=1S/C9H10O4.C3H8O.H2O/c1-9(8(12)13)4-2-3-6(5-9)7(10)11;1-2-3-4;/h2-4H,5H2,1H3,(H,10,11)(H,12,13);4H,2-3H2,1H3;1H2. The van der Waals surface area contributed by atoms with Crippen LogP contribution in [-0.4, -0.2) is 39.3 Å². The van der Waals surface area contributed by atoms with Gasteiger partial charge in [0.05, 0.1) is 5.41 Å². The quantitative estimate of drug-likeness (QED) is 0.685. The molecule has 0 amide bonds. The van der Waals surface area contributed by atoms with Crippen molar-refractivity contribution in [3.8, 4) is 0 Å². The number of aliphatic carboxylic acids is 2. The van der Waals surface area contributed by atoms with Crippen LogP contribution >= 0.6 is 0 Å². The fourth-order valence-electron chi connectivity index (χ4n) is 1.18. The van der Waals surface area contributed by atoms with E-state index in [1.165, 1.54) is 25.2 Å². The fraction of sp³-hybridized carbons (Fsp3) is 0.500. The van der Waals surface area contributed by atoms with Crippen molar-refractivity contribution < 1.29 is 30.4 Å². The highest BCUT2D eigenvalue weighted by atomic mass is 16.4. The zero-order valence-corrected chi connectivity index (χ0v) is 10.5. The highest BCUT2D eigenvalue weighted by Gasteiger charge is 2.34. The Morgan fingerprint density at radius 2 is 1.89 bits per heavy atom. The second-order valence-corrected chi connectivity index (χ2v) is 3.98. The maximum atomic E-state index is 10.8. The van der Waals surface area contributed by atoms with Crippen LogP contribution in [0, 0.1) is 5.41 Å². The third-order valence-corrected chi connectivity index (χ3v) is 2.31. The van der Waals surface area contributed by atoms with E-state index in [9.17, 15) is 9.59 Å². The number of aliphatic hydroxyl groups excluding tert-OH is 1. The molecule has 0 heterocycles. The van der Waals surface area contributed by atoms with Crippen LogP contribution < -0.4 is 0 Å². The topological polar surface area (TPSA) is 126 Å².